The lowest BCUT2D eigenvalue weighted by atomic mass is 10.1. The number of carbonyl (C=O) groups excluding carboxylic acids is 1. The Morgan fingerprint density at radius 1 is 1.06 bits per heavy atom. The summed E-state index contributed by atoms with van der Waals surface area (Å²) >= 11 is 4.60. The quantitative estimate of drug-likeness (QED) is 0.166. The van der Waals surface area contributed by atoms with E-state index in [4.69, 9.17) is 0 Å². The van der Waals surface area contributed by atoms with E-state index in [0.29, 0.717) is 27.5 Å². The van der Waals surface area contributed by atoms with Gasteiger partial charge in [-0.1, -0.05) is 69.7 Å². The molecule has 6 nitrogen and oxygen atoms in total. The molecule has 0 aliphatic rings. The molecule has 33 heavy (non-hydrogen) atoms. The summed E-state index contributed by atoms with van der Waals surface area (Å²) in [7, 11) is 0. The van der Waals surface area contributed by atoms with Crippen molar-refractivity contribution in [1.82, 2.24) is 15.0 Å². The standard InChI is InChI=1S/C25H21BrN4O2S/c1-16-7-13-20(14-8-16)30-24(32)21-5-3-4-6-22(21)27-25(30)33-15-23(31)29-28-17(2)18-9-11-19(26)12-10-18/h3-14H,15H2,1-2H3,(H,29,31). The molecular formula is C25H21BrN4O2S. The molecular weight excluding hydrogens is 500 g/mol. The van der Waals surface area contributed by atoms with Gasteiger partial charge in [0.1, 0.15) is 0 Å². The Bertz CT molecular complexity index is 1400. The SMILES string of the molecule is CC(=NNC(=O)CSc1nc2ccccc2c(=O)n1-c1ccc(C)cc1)c1ccc(Br)cc1. The number of aromatic nitrogens is 2. The lowest BCUT2D eigenvalue weighted by molar-refractivity contribution is -0.118. The van der Waals surface area contributed by atoms with Gasteiger partial charge in [0.05, 0.1) is 28.1 Å². The largest absolute Gasteiger partial charge is 0.272 e. The molecule has 4 rings (SSSR count). The van der Waals surface area contributed by atoms with E-state index in [2.05, 4.69) is 31.4 Å². The molecule has 1 N–H and O–H groups in total. The van der Waals surface area contributed by atoms with Crippen molar-refractivity contribution in [2.24, 2.45) is 5.10 Å². The van der Waals surface area contributed by atoms with Crippen LogP contribution in [0.5, 0.6) is 0 Å². The number of hydrazone groups is 1. The maximum absolute atomic E-state index is 13.3. The average molecular weight is 521 g/mol. The van der Waals surface area contributed by atoms with Gasteiger partial charge in [-0.15, -0.1) is 0 Å². The van der Waals surface area contributed by atoms with Crippen molar-refractivity contribution in [2.75, 3.05) is 5.75 Å². The number of hydrogen-bond acceptors (Lipinski definition) is 5. The van der Waals surface area contributed by atoms with Crippen molar-refractivity contribution in [3.63, 3.8) is 0 Å². The highest BCUT2D eigenvalue weighted by Crippen LogP contribution is 2.21. The number of fused-ring (bicyclic) bond motifs is 1. The van der Waals surface area contributed by atoms with Crippen molar-refractivity contribution in [2.45, 2.75) is 19.0 Å². The summed E-state index contributed by atoms with van der Waals surface area (Å²) in [4.78, 5) is 30.4. The third-order valence-corrected chi connectivity index (χ3v) is 6.45. The third-order valence-electron chi connectivity index (χ3n) is 4.98. The fourth-order valence-electron chi connectivity index (χ4n) is 3.19. The van der Waals surface area contributed by atoms with Crippen LogP contribution in [0.15, 0.2) is 92.3 Å². The predicted octanol–water partition coefficient (Wildman–Crippen LogP) is 5.09. The highest BCUT2D eigenvalue weighted by Gasteiger charge is 2.14. The van der Waals surface area contributed by atoms with Gasteiger partial charge in [0.25, 0.3) is 11.5 Å². The van der Waals surface area contributed by atoms with Crippen LogP contribution in [0.3, 0.4) is 0 Å². The second kappa shape index (κ2) is 10.1. The molecule has 0 bridgehead atoms. The topological polar surface area (TPSA) is 76.3 Å². The van der Waals surface area contributed by atoms with Gasteiger partial charge in [0, 0.05) is 4.47 Å². The summed E-state index contributed by atoms with van der Waals surface area (Å²) in [5, 5.41) is 5.17. The first-order chi connectivity index (χ1) is 15.9. The van der Waals surface area contributed by atoms with Crippen LogP contribution in [-0.2, 0) is 4.79 Å². The van der Waals surface area contributed by atoms with Crippen LogP contribution in [-0.4, -0.2) is 26.9 Å². The zero-order chi connectivity index (χ0) is 23.4. The molecule has 1 heterocycles. The Kier molecular flexibility index (Phi) is 7.05. The van der Waals surface area contributed by atoms with Crippen LogP contribution in [0.1, 0.15) is 18.1 Å². The summed E-state index contributed by atoms with van der Waals surface area (Å²) in [6.07, 6.45) is 0. The molecule has 0 aliphatic carbocycles. The van der Waals surface area contributed by atoms with Gasteiger partial charge in [-0.3, -0.25) is 14.2 Å². The summed E-state index contributed by atoms with van der Waals surface area (Å²) < 4.78 is 2.53. The Labute approximate surface area is 203 Å². The number of benzene rings is 3. The molecule has 0 radical (unpaired) electrons. The molecule has 1 amide bonds. The second-order valence-electron chi connectivity index (χ2n) is 7.42. The fraction of sp³-hybridized carbons (Fsp3) is 0.120. The number of amides is 1. The van der Waals surface area contributed by atoms with E-state index in [1.807, 2.05) is 74.5 Å². The van der Waals surface area contributed by atoms with Crippen LogP contribution in [0.25, 0.3) is 16.6 Å². The lowest BCUT2D eigenvalue weighted by Gasteiger charge is -2.13. The first-order valence-corrected chi connectivity index (χ1v) is 12.0. The number of hydrogen-bond donors (Lipinski definition) is 1. The molecule has 3 aromatic carbocycles. The third kappa shape index (κ3) is 5.40. The van der Waals surface area contributed by atoms with Gasteiger partial charge in [-0.05, 0) is 55.8 Å². The Morgan fingerprint density at radius 2 is 1.76 bits per heavy atom. The molecule has 0 fully saturated rings. The number of nitrogens with one attached hydrogen (secondary N) is 1. The van der Waals surface area contributed by atoms with Crippen molar-refractivity contribution >= 4 is 50.2 Å². The first-order valence-electron chi connectivity index (χ1n) is 10.2. The van der Waals surface area contributed by atoms with Crippen LogP contribution in [0.2, 0.25) is 0 Å². The van der Waals surface area contributed by atoms with Gasteiger partial charge in [-0.25, -0.2) is 10.4 Å². The van der Waals surface area contributed by atoms with Gasteiger partial charge in [0.2, 0.25) is 0 Å². The summed E-state index contributed by atoms with van der Waals surface area (Å²) in [6, 6.07) is 22.5. The van der Waals surface area contributed by atoms with E-state index >= 15 is 0 Å². The van der Waals surface area contributed by atoms with Gasteiger partial charge < -0.3 is 0 Å². The molecule has 0 saturated carbocycles. The second-order valence-corrected chi connectivity index (χ2v) is 9.27. The molecule has 0 aliphatic heterocycles. The van der Waals surface area contributed by atoms with E-state index in [0.717, 1.165) is 15.6 Å². The smallest absolute Gasteiger partial charge is 0.266 e. The number of para-hydroxylation sites is 1. The Hall–Kier alpha value is -3.23. The van der Waals surface area contributed by atoms with Gasteiger partial charge >= 0.3 is 0 Å². The molecule has 0 atom stereocenters. The molecule has 0 unspecified atom stereocenters. The van der Waals surface area contributed by atoms with Crippen LogP contribution in [0.4, 0.5) is 0 Å². The van der Waals surface area contributed by atoms with E-state index < -0.39 is 0 Å². The zero-order valence-corrected chi connectivity index (χ0v) is 20.5. The van der Waals surface area contributed by atoms with Gasteiger partial charge in [0.15, 0.2) is 5.16 Å². The zero-order valence-electron chi connectivity index (χ0n) is 18.1. The number of nitrogens with zero attached hydrogens (tertiary/aromatic N) is 3. The summed E-state index contributed by atoms with van der Waals surface area (Å²) in [5.74, 6) is -0.220. The number of halogens is 1. The van der Waals surface area contributed by atoms with Crippen LogP contribution in [0, 0.1) is 6.92 Å². The highest BCUT2D eigenvalue weighted by molar-refractivity contribution is 9.10. The minimum absolute atomic E-state index is 0.0633. The molecule has 0 spiro atoms. The maximum atomic E-state index is 13.3. The maximum Gasteiger partial charge on any atom is 0.266 e. The number of aryl methyl sites for hydroxylation is 1. The van der Waals surface area contributed by atoms with E-state index in [9.17, 15) is 9.59 Å². The van der Waals surface area contributed by atoms with Gasteiger partial charge in [-0.2, -0.15) is 5.10 Å². The van der Waals surface area contributed by atoms with E-state index in [-0.39, 0.29) is 17.2 Å². The monoisotopic (exact) mass is 520 g/mol. The Balaban J connectivity index is 1.57. The molecule has 0 saturated heterocycles. The predicted molar refractivity (Wildman–Crippen MR) is 137 cm³/mol. The van der Waals surface area contributed by atoms with Crippen LogP contribution < -0.4 is 11.0 Å². The molecule has 166 valence electrons. The highest BCUT2D eigenvalue weighted by atomic mass is 79.9. The van der Waals surface area contributed by atoms with Crippen molar-refractivity contribution in [3.05, 3.63) is 98.7 Å². The van der Waals surface area contributed by atoms with Crippen molar-refractivity contribution in [3.8, 4) is 5.69 Å². The van der Waals surface area contributed by atoms with E-state index in [1.54, 1.807) is 16.7 Å². The minimum atomic E-state index is -0.283. The van der Waals surface area contributed by atoms with Crippen molar-refractivity contribution in [1.29, 1.82) is 0 Å². The average Bonchev–Trinajstić information content (AvgIpc) is 2.82. The molecule has 8 heteroatoms. The Morgan fingerprint density at radius 3 is 2.48 bits per heavy atom. The molecule has 4 aromatic rings. The lowest BCUT2D eigenvalue weighted by Crippen LogP contribution is -2.24. The van der Waals surface area contributed by atoms with E-state index in [1.165, 1.54) is 11.8 Å². The minimum Gasteiger partial charge on any atom is -0.272 e. The number of rotatable bonds is 6. The fourth-order valence-corrected chi connectivity index (χ4v) is 4.26. The first kappa shape index (κ1) is 22.9. The molecule has 1 aromatic heterocycles. The van der Waals surface area contributed by atoms with Crippen LogP contribution >= 0.6 is 27.7 Å². The summed E-state index contributed by atoms with van der Waals surface area (Å²) in [5.41, 5.74) is 6.41. The normalized spacial score (nSPS) is 11.5. The van der Waals surface area contributed by atoms with Crippen molar-refractivity contribution < 1.29 is 4.79 Å². The number of thioether (sulfide) groups is 1. The number of carbonyl (C=O) groups is 1. The summed E-state index contributed by atoms with van der Waals surface area (Å²) in [6.45, 7) is 3.82.